The topological polar surface area (TPSA) is 61.7 Å². The van der Waals surface area contributed by atoms with Crippen molar-refractivity contribution >= 4 is 5.82 Å². The van der Waals surface area contributed by atoms with E-state index >= 15 is 0 Å². The van der Waals surface area contributed by atoms with Gasteiger partial charge < -0.3 is 10.3 Å². The van der Waals surface area contributed by atoms with E-state index in [1.165, 1.54) is 0 Å². The number of nitrogens with zero attached hydrogens (tertiary/aromatic N) is 4. The lowest BCUT2D eigenvalue weighted by molar-refractivity contribution is 0.554. The van der Waals surface area contributed by atoms with Crippen LogP contribution in [0.2, 0.25) is 0 Å². The highest BCUT2D eigenvalue weighted by Crippen LogP contribution is 2.35. The summed E-state index contributed by atoms with van der Waals surface area (Å²) >= 11 is 0. The van der Waals surface area contributed by atoms with Gasteiger partial charge in [0.2, 0.25) is 0 Å². The second-order valence-electron chi connectivity index (χ2n) is 6.73. The van der Waals surface area contributed by atoms with Gasteiger partial charge in [-0.05, 0) is 0 Å². The van der Waals surface area contributed by atoms with Gasteiger partial charge >= 0.3 is 0 Å². The summed E-state index contributed by atoms with van der Waals surface area (Å²) in [6.07, 6.45) is 2.00. The first-order valence-electron chi connectivity index (χ1n) is 6.99. The Hall–Kier alpha value is -1.78. The van der Waals surface area contributed by atoms with Crippen molar-refractivity contribution < 1.29 is 0 Å². The number of hydrogen-bond donors (Lipinski definition) is 1. The van der Waals surface area contributed by atoms with Crippen LogP contribution in [-0.2, 0) is 19.5 Å². The molecule has 0 atom stereocenters. The van der Waals surface area contributed by atoms with Gasteiger partial charge in [-0.3, -0.25) is 4.68 Å². The van der Waals surface area contributed by atoms with E-state index in [0.29, 0.717) is 11.7 Å². The molecule has 2 rings (SSSR count). The molecule has 0 spiro atoms. The zero-order valence-corrected chi connectivity index (χ0v) is 13.5. The van der Waals surface area contributed by atoms with E-state index in [4.69, 9.17) is 10.7 Å². The molecular formula is C15H25N5. The van der Waals surface area contributed by atoms with Crippen LogP contribution in [0.1, 0.15) is 52.1 Å². The lowest BCUT2D eigenvalue weighted by atomic mass is 9.89. The van der Waals surface area contributed by atoms with Crippen molar-refractivity contribution in [3.05, 3.63) is 17.7 Å². The monoisotopic (exact) mass is 275 g/mol. The molecule has 0 fully saturated rings. The molecule has 0 amide bonds. The number of aryl methyl sites for hydroxylation is 1. The van der Waals surface area contributed by atoms with Gasteiger partial charge in [-0.15, -0.1) is 0 Å². The molecule has 0 bridgehead atoms. The summed E-state index contributed by atoms with van der Waals surface area (Å²) < 4.78 is 3.80. The van der Waals surface area contributed by atoms with E-state index in [0.717, 1.165) is 22.8 Å². The zero-order valence-electron chi connectivity index (χ0n) is 13.5. The van der Waals surface area contributed by atoms with E-state index in [2.05, 4.69) is 39.7 Å². The summed E-state index contributed by atoms with van der Waals surface area (Å²) in [6, 6.07) is 0. The molecule has 20 heavy (non-hydrogen) atoms. The maximum atomic E-state index is 6.26. The first-order valence-corrected chi connectivity index (χ1v) is 6.99. The highest BCUT2D eigenvalue weighted by molar-refractivity contribution is 5.73. The second kappa shape index (κ2) is 4.65. The molecule has 2 heterocycles. The highest BCUT2D eigenvalue weighted by atomic mass is 15.3. The van der Waals surface area contributed by atoms with Crippen LogP contribution in [0.25, 0.3) is 11.3 Å². The van der Waals surface area contributed by atoms with Crippen LogP contribution < -0.4 is 5.73 Å². The third kappa shape index (κ3) is 2.32. The minimum Gasteiger partial charge on any atom is -0.383 e. The molecule has 2 N–H and O–H groups in total. The van der Waals surface area contributed by atoms with Crippen LogP contribution in [0.15, 0.2) is 6.20 Å². The van der Waals surface area contributed by atoms with Crippen LogP contribution in [0.5, 0.6) is 0 Å². The minimum atomic E-state index is -0.0431. The average Bonchev–Trinajstić information content (AvgIpc) is 2.81. The van der Waals surface area contributed by atoms with Crippen molar-refractivity contribution in [2.45, 2.75) is 46.0 Å². The molecule has 0 aliphatic rings. The Bertz CT molecular complexity index is 625. The van der Waals surface area contributed by atoms with Crippen LogP contribution >= 0.6 is 0 Å². The molecule has 2 aromatic rings. The summed E-state index contributed by atoms with van der Waals surface area (Å²) in [7, 11) is 3.90. The molecule has 0 aromatic carbocycles. The van der Waals surface area contributed by atoms with E-state index in [1.54, 1.807) is 0 Å². The van der Waals surface area contributed by atoms with Crippen molar-refractivity contribution in [3.8, 4) is 11.3 Å². The fraction of sp³-hybridized carbons (Fsp3) is 0.600. The SMILES string of the molecule is CC(C)c1nc(-c2cn(C)nc2C(C)(C)C)c(N)n1C. The predicted molar refractivity (Wildman–Crippen MR) is 82.6 cm³/mol. The number of rotatable bonds is 2. The molecular weight excluding hydrogens is 250 g/mol. The van der Waals surface area contributed by atoms with Gasteiger partial charge in [0.15, 0.2) is 0 Å². The van der Waals surface area contributed by atoms with Crippen molar-refractivity contribution in [1.29, 1.82) is 0 Å². The lowest BCUT2D eigenvalue weighted by Crippen LogP contribution is -2.14. The van der Waals surface area contributed by atoms with E-state index in [9.17, 15) is 0 Å². The number of imidazole rings is 1. The normalized spacial score (nSPS) is 12.4. The first-order chi connectivity index (χ1) is 9.12. The molecule has 0 saturated heterocycles. The van der Waals surface area contributed by atoms with Gasteiger partial charge in [0, 0.05) is 37.2 Å². The van der Waals surface area contributed by atoms with Gasteiger partial charge in [-0.25, -0.2) is 4.98 Å². The second-order valence-corrected chi connectivity index (χ2v) is 6.73. The molecule has 5 nitrogen and oxygen atoms in total. The fourth-order valence-corrected chi connectivity index (χ4v) is 2.46. The van der Waals surface area contributed by atoms with E-state index in [1.807, 2.05) is 29.5 Å². The van der Waals surface area contributed by atoms with Gasteiger partial charge in [-0.2, -0.15) is 5.10 Å². The van der Waals surface area contributed by atoms with Crippen molar-refractivity contribution in [2.75, 3.05) is 5.73 Å². The third-order valence-electron chi connectivity index (χ3n) is 3.48. The number of hydrogen-bond acceptors (Lipinski definition) is 3. The fourth-order valence-electron chi connectivity index (χ4n) is 2.46. The van der Waals surface area contributed by atoms with Crippen molar-refractivity contribution in [3.63, 3.8) is 0 Å². The standard InChI is InChI=1S/C15H25N5/c1-9(2)14-17-11(13(16)20(14)7)10-8-19(6)18-12(10)15(3,4)5/h8-9H,16H2,1-7H3. The van der Waals surface area contributed by atoms with Gasteiger partial charge in [0.1, 0.15) is 17.3 Å². The molecule has 110 valence electrons. The highest BCUT2D eigenvalue weighted by Gasteiger charge is 2.26. The summed E-state index contributed by atoms with van der Waals surface area (Å²) in [4.78, 5) is 4.75. The van der Waals surface area contributed by atoms with E-state index < -0.39 is 0 Å². The molecule has 0 radical (unpaired) electrons. The summed E-state index contributed by atoms with van der Waals surface area (Å²) in [6.45, 7) is 10.7. The molecule has 5 heteroatoms. The maximum absolute atomic E-state index is 6.26. The van der Waals surface area contributed by atoms with Gasteiger partial charge in [-0.1, -0.05) is 34.6 Å². The lowest BCUT2D eigenvalue weighted by Gasteiger charge is -2.16. The zero-order chi connectivity index (χ0) is 15.2. The number of anilines is 1. The smallest absolute Gasteiger partial charge is 0.131 e. The maximum Gasteiger partial charge on any atom is 0.131 e. The number of aromatic nitrogens is 4. The van der Waals surface area contributed by atoms with Gasteiger partial charge in [0.05, 0.1) is 5.69 Å². The van der Waals surface area contributed by atoms with Crippen molar-refractivity contribution in [1.82, 2.24) is 19.3 Å². The third-order valence-corrected chi connectivity index (χ3v) is 3.48. The Balaban J connectivity index is 2.67. The average molecular weight is 275 g/mol. The van der Waals surface area contributed by atoms with Crippen LogP contribution in [0, 0.1) is 0 Å². The molecule has 0 aliphatic heterocycles. The number of nitrogen functional groups attached to an aromatic ring is 1. The quantitative estimate of drug-likeness (QED) is 0.916. The molecule has 2 aromatic heterocycles. The van der Waals surface area contributed by atoms with Crippen LogP contribution in [0.3, 0.4) is 0 Å². The van der Waals surface area contributed by atoms with Crippen LogP contribution in [-0.4, -0.2) is 19.3 Å². The van der Waals surface area contributed by atoms with Gasteiger partial charge in [0.25, 0.3) is 0 Å². The first kappa shape index (κ1) is 14.6. The molecule has 0 unspecified atom stereocenters. The van der Waals surface area contributed by atoms with Crippen LogP contribution in [0.4, 0.5) is 5.82 Å². The minimum absolute atomic E-state index is 0.0431. The molecule has 0 aliphatic carbocycles. The summed E-state index contributed by atoms with van der Waals surface area (Å²) in [5.74, 6) is 2.04. The Kier molecular flexibility index (Phi) is 3.40. The Morgan fingerprint density at radius 1 is 1.20 bits per heavy atom. The Morgan fingerprint density at radius 2 is 1.80 bits per heavy atom. The van der Waals surface area contributed by atoms with Crippen molar-refractivity contribution in [2.24, 2.45) is 14.1 Å². The largest absolute Gasteiger partial charge is 0.383 e. The van der Waals surface area contributed by atoms with E-state index in [-0.39, 0.29) is 5.41 Å². The Morgan fingerprint density at radius 3 is 2.25 bits per heavy atom. The number of nitrogens with two attached hydrogens (primary N) is 1. The summed E-state index contributed by atoms with van der Waals surface area (Å²) in [5.41, 5.74) is 9.11. The summed E-state index contributed by atoms with van der Waals surface area (Å²) in [5, 5.41) is 4.60. The predicted octanol–water partition coefficient (Wildman–Crippen LogP) is 2.82. The Labute approximate surface area is 120 Å². The molecule has 0 saturated carbocycles.